The first-order chi connectivity index (χ1) is 11.5. The zero-order valence-corrected chi connectivity index (χ0v) is 14.8. The number of benzene rings is 1. The molecule has 1 aromatic carbocycles. The summed E-state index contributed by atoms with van der Waals surface area (Å²) in [4.78, 5) is 16.4. The molecule has 3 nitrogen and oxygen atoms in total. The van der Waals surface area contributed by atoms with Gasteiger partial charge < -0.3 is 10.0 Å². The minimum atomic E-state index is -0.309. The summed E-state index contributed by atoms with van der Waals surface area (Å²) in [7, 11) is 0. The molecule has 1 aliphatic rings. The predicted molar refractivity (Wildman–Crippen MR) is 94.8 cm³/mol. The van der Waals surface area contributed by atoms with Crippen LogP contribution < -0.4 is 0 Å². The number of piperidine rings is 1. The molecule has 2 heterocycles. The fourth-order valence-electron chi connectivity index (χ4n) is 3.24. The molecule has 1 aliphatic heterocycles. The Labute approximate surface area is 145 Å². The summed E-state index contributed by atoms with van der Waals surface area (Å²) in [5.74, 6) is 0.0818. The van der Waals surface area contributed by atoms with Gasteiger partial charge in [-0.1, -0.05) is 12.1 Å². The van der Waals surface area contributed by atoms with Crippen molar-refractivity contribution in [1.29, 1.82) is 0 Å². The van der Waals surface area contributed by atoms with Crippen molar-refractivity contribution in [2.45, 2.75) is 32.8 Å². The minimum absolute atomic E-state index is 0.0560. The van der Waals surface area contributed by atoms with E-state index in [1.54, 1.807) is 12.1 Å². The summed E-state index contributed by atoms with van der Waals surface area (Å²) in [5.41, 5.74) is 1.92. The number of hydrogen-bond donors (Lipinski definition) is 1. The highest BCUT2D eigenvalue weighted by molar-refractivity contribution is 7.14. The highest BCUT2D eigenvalue weighted by Crippen LogP contribution is 2.32. The number of carbonyl (C=O) groups is 1. The Morgan fingerprint density at radius 3 is 2.50 bits per heavy atom. The number of rotatable bonds is 3. The Hall–Kier alpha value is -1.72. The van der Waals surface area contributed by atoms with E-state index in [2.05, 4.69) is 0 Å². The van der Waals surface area contributed by atoms with Gasteiger partial charge in [0.15, 0.2) is 0 Å². The molecule has 0 spiro atoms. The standard InChI is InChI=1S/C19H22FNO2S/c1-12(22)14-7-9-21(10-8-14)19(23)18-11-17(13(2)24-18)15-3-5-16(20)6-4-15/h3-6,11-12,14,22H,7-10H2,1-2H3. The smallest absolute Gasteiger partial charge is 0.263 e. The zero-order chi connectivity index (χ0) is 17.3. The van der Waals surface area contributed by atoms with Crippen LogP contribution in [0.5, 0.6) is 0 Å². The molecule has 1 unspecified atom stereocenters. The van der Waals surface area contributed by atoms with Gasteiger partial charge in [-0.05, 0) is 61.9 Å². The molecule has 24 heavy (non-hydrogen) atoms. The Morgan fingerprint density at radius 2 is 1.92 bits per heavy atom. The molecule has 1 saturated heterocycles. The minimum Gasteiger partial charge on any atom is -0.393 e. The third kappa shape index (κ3) is 3.52. The van der Waals surface area contributed by atoms with Crippen LogP contribution in [0.15, 0.2) is 30.3 Å². The van der Waals surface area contributed by atoms with Crippen molar-refractivity contribution >= 4 is 17.2 Å². The maximum atomic E-state index is 13.1. The number of aliphatic hydroxyl groups excluding tert-OH is 1. The predicted octanol–water partition coefficient (Wildman–Crippen LogP) is 4.10. The maximum Gasteiger partial charge on any atom is 0.263 e. The van der Waals surface area contributed by atoms with Crippen LogP contribution in [0.25, 0.3) is 11.1 Å². The van der Waals surface area contributed by atoms with Gasteiger partial charge >= 0.3 is 0 Å². The Kier molecular flexibility index (Phi) is 5.01. The second kappa shape index (κ2) is 7.03. The first-order valence-electron chi connectivity index (χ1n) is 8.29. The number of hydrogen-bond acceptors (Lipinski definition) is 3. The lowest BCUT2D eigenvalue weighted by atomic mass is 9.92. The molecule has 1 atom stereocenters. The fraction of sp³-hybridized carbons (Fsp3) is 0.421. The summed E-state index contributed by atoms with van der Waals surface area (Å²) in [5, 5.41) is 9.68. The van der Waals surface area contributed by atoms with Gasteiger partial charge in [-0.15, -0.1) is 11.3 Å². The second-order valence-corrected chi connectivity index (χ2v) is 7.71. The molecular weight excluding hydrogens is 325 g/mol. The SMILES string of the molecule is Cc1sc(C(=O)N2CCC(C(C)O)CC2)cc1-c1ccc(F)cc1. The molecule has 2 aromatic rings. The molecule has 3 rings (SSSR count). The van der Waals surface area contributed by atoms with E-state index >= 15 is 0 Å². The molecule has 0 saturated carbocycles. The van der Waals surface area contributed by atoms with Crippen LogP contribution in [0.1, 0.15) is 34.3 Å². The Balaban J connectivity index is 1.75. The van der Waals surface area contributed by atoms with E-state index < -0.39 is 0 Å². The lowest BCUT2D eigenvalue weighted by molar-refractivity contribution is 0.0525. The fourth-order valence-corrected chi connectivity index (χ4v) is 4.25. The monoisotopic (exact) mass is 347 g/mol. The van der Waals surface area contributed by atoms with E-state index in [1.807, 2.05) is 24.8 Å². The number of aryl methyl sites for hydroxylation is 1. The van der Waals surface area contributed by atoms with Crippen molar-refractivity contribution in [1.82, 2.24) is 4.90 Å². The van der Waals surface area contributed by atoms with Gasteiger partial charge in [0.2, 0.25) is 0 Å². The summed E-state index contributed by atoms with van der Waals surface area (Å²) in [6.07, 6.45) is 1.38. The van der Waals surface area contributed by atoms with Crippen molar-refractivity contribution in [3.05, 3.63) is 45.9 Å². The van der Waals surface area contributed by atoms with Gasteiger partial charge in [-0.2, -0.15) is 0 Å². The first kappa shape index (κ1) is 17.1. The number of halogens is 1. The van der Waals surface area contributed by atoms with Crippen molar-refractivity contribution in [2.75, 3.05) is 13.1 Å². The molecule has 1 N–H and O–H groups in total. The van der Waals surface area contributed by atoms with Crippen LogP contribution in [0.3, 0.4) is 0 Å². The lowest BCUT2D eigenvalue weighted by Crippen LogP contribution is -2.40. The van der Waals surface area contributed by atoms with E-state index in [1.165, 1.54) is 23.5 Å². The van der Waals surface area contributed by atoms with Gasteiger partial charge in [0, 0.05) is 18.0 Å². The molecule has 0 radical (unpaired) electrons. The van der Waals surface area contributed by atoms with E-state index in [-0.39, 0.29) is 23.7 Å². The van der Waals surface area contributed by atoms with Crippen LogP contribution in [-0.2, 0) is 0 Å². The van der Waals surface area contributed by atoms with Crippen LogP contribution in [0.4, 0.5) is 4.39 Å². The second-order valence-electron chi connectivity index (χ2n) is 6.46. The van der Waals surface area contributed by atoms with Crippen LogP contribution in [0, 0.1) is 18.7 Å². The summed E-state index contributed by atoms with van der Waals surface area (Å²) >= 11 is 1.49. The maximum absolute atomic E-state index is 13.1. The molecule has 1 fully saturated rings. The van der Waals surface area contributed by atoms with Gasteiger partial charge in [-0.3, -0.25) is 4.79 Å². The molecule has 1 aromatic heterocycles. The van der Waals surface area contributed by atoms with Crippen molar-refractivity contribution in [3.63, 3.8) is 0 Å². The van der Waals surface area contributed by atoms with Crippen LogP contribution in [0.2, 0.25) is 0 Å². The van der Waals surface area contributed by atoms with Crippen molar-refractivity contribution in [3.8, 4) is 11.1 Å². The van der Waals surface area contributed by atoms with Crippen LogP contribution >= 0.6 is 11.3 Å². The average molecular weight is 347 g/mol. The van der Waals surface area contributed by atoms with Crippen molar-refractivity contribution in [2.24, 2.45) is 5.92 Å². The molecular formula is C19H22FNO2S. The largest absolute Gasteiger partial charge is 0.393 e. The van der Waals surface area contributed by atoms with E-state index in [9.17, 15) is 14.3 Å². The van der Waals surface area contributed by atoms with E-state index in [0.29, 0.717) is 13.1 Å². The Bertz CT molecular complexity index is 715. The van der Waals surface area contributed by atoms with Crippen LogP contribution in [-0.4, -0.2) is 35.1 Å². The normalized spacial score (nSPS) is 17.1. The molecule has 128 valence electrons. The third-order valence-electron chi connectivity index (χ3n) is 4.79. The van der Waals surface area contributed by atoms with E-state index in [4.69, 9.17) is 0 Å². The van der Waals surface area contributed by atoms with Crippen molar-refractivity contribution < 1.29 is 14.3 Å². The molecule has 5 heteroatoms. The molecule has 0 bridgehead atoms. The van der Waals surface area contributed by atoms with Gasteiger partial charge in [0.25, 0.3) is 5.91 Å². The molecule has 1 amide bonds. The topological polar surface area (TPSA) is 40.5 Å². The van der Waals surface area contributed by atoms with Gasteiger partial charge in [0.1, 0.15) is 5.82 Å². The molecule has 0 aliphatic carbocycles. The number of aliphatic hydroxyl groups is 1. The number of amides is 1. The number of likely N-dealkylation sites (tertiary alicyclic amines) is 1. The quantitative estimate of drug-likeness (QED) is 0.908. The van der Waals surface area contributed by atoms with Gasteiger partial charge in [-0.25, -0.2) is 4.39 Å². The first-order valence-corrected chi connectivity index (χ1v) is 9.11. The van der Waals surface area contributed by atoms with E-state index in [0.717, 1.165) is 33.7 Å². The summed E-state index contributed by atoms with van der Waals surface area (Å²) < 4.78 is 13.1. The highest BCUT2D eigenvalue weighted by Gasteiger charge is 2.27. The zero-order valence-electron chi connectivity index (χ0n) is 14.0. The van der Waals surface area contributed by atoms with Gasteiger partial charge in [0.05, 0.1) is 11.0 Å². The summed E-state index contributed by atoms with van der Waals surface area (Å²) in [6, 6.07) is 8.28. The Morgan fingerprint density at radius 1 is 1.29 bits per heavy atom. The number of thiophene rings is 1. The average Bonchev–Trinajstić information content (AvgIpc) is 2.97. The highest BCUT2D eigenvalue weighted by atomic mass is 32.1. The number of carbonyl (C=O) groups excluding carboxylic acids is 1. The summed E-state index contributed by atoms with van der Waals surface area (Å²) in [6.45, 7) is 5.19. The lowest BCUT2D eigenvalue weighted by Gasteiger charge is -2.33. The third-order valence-corrected chi connectivity index (χ3v) is 5.83. The number of nitrogens with zero attached hydrogens (tertiary/aromatic N) is 1.